The maximum Gasteiger partial charge on any atom is 1.00 e. The van der Waals surface area contributed by atoms with Crippen molar-refractivity contribution in [2.45, 2.75) is 12.5 Å². The second kappa shape index (κ2) is 8.61. The SMILES string of the molecule is C=CCC(NC(=O)c1c(Cl)cccc1Cl)C(=O)[O-].[Na+]. The molecule has 0 aliphatic carbocycles. The Morgan fingerprint density at radius 2 is 1.89 bits per heavy atom. The van der Waals surface area contributed by atoms with E-state index in [1.165, 1.54) is 18.2 Å². The van der Waals surface area contributed by atoms with E-state index in [2.05, 4.69) is 11.9 Å². The molecule has 0 saturated heterocycles. The summed E-state index contributed by atoms with van der Waals surface area (Å²) in [6, 6.07) is 3.40. The summed E-state index contributed by atoms with van der Waals surface area (Å²) in [6.07, 6.45) is 1.42. The zero-order valence-electron chi connectivity index (χ0n) is 10.3. The van der Waals surface area contributed by atoms with Gasteiger partial charge < -0.3 is 15.2 Å². The number of carbonyl (C=O) groups excluding carboxylic acids is 2. The van der Waals surface area contributed by atoms with Crippen molar-refractivity contribution in [3.8, 4) is 0 Å². The first-order chi connectivity index (χ1) is 8.47. The fourth-order valence-corrected chi connectivity index (χ4v) is 1.89. The molecule has 1 N–H and O–H groups in total. The van der Waals surface area contributed by atoms with Crippen molar-refractivity contribution in [3.63, 3.8) is 0 Å². The second-order valence-corrected chi connectivity index (χ2v) is 4.28. The van der Waals surface area contributed by atoms with E-state index in [-0.39, 0.29) is 51.6 Å². The van der Waals surface area contributed by atoms with Crippen LogP contribution in [0.3, 0.4) is 0 Å². The summed E-state index contributed by atoms with van der Waals surface area (Å²) in [5, 5.41) is 13.4. The molecule has 96 valence electrons. The number of carbonyl (C=O) groups is 2. The number of carboxylic acid groups (broad SMARTS) is 1. The average molecular weight is 310 g/mol. The van der Waals surface area contributed by atoms with Gasteiger partial charge in [0.15, 0.2) is 0 Å². The number of hydrogen-bond acceptors (Lipinski definition) is 3. The maximum atomic E-state index is 11.9. The Balaban J connectivity index is 0.00000324. The van der Waals surface area contributed by atoms with Crippen molar-refractivity contribution >= 4 is 35.1 Å². The van der Waals surface area contributed by atoms with Crippen LogP contribution in [-0.2, 0) is 4.79 Å². The van der Waals surface area contributed by atoms with Crippen LogP contribution in [0, 0.1) is 0 Å². The fourth-order valence-electron chi connectivity index (χ4n) is 1.33. The van der Waals surface area contributed by atoms with Crippen molar-refractivity contribution in [1.82, 2.24) is 5.32 Å². The molecule has 0 spiro atoms. The van der Waals surface area contributed by atoms with Gasteiger partial charge in [-0.2, -0.15) is 0 Å². The minimum Gasteiger partial charge on any atom is -0.548 e. The van der Waals surface area contributed by atoms with E-state index in [9.17, 15) is 14.7 Å². The number of hydrogen-bond donors (Lipinski definition) is 1. The molecular formula is C12H10Cl2NNaO3. The van der Waals surface area contributed by atoms with Gasteiger partial charge in [-0.25, -0.2) is 0 Å². The van der Waals surface area contributed by atoms with Gasteiger partial charge >= 0.3 is 29.6 Å². The second-order valence-electron chi connectivity index (χ2n) is 3.47. The van der Waals surface area contributed by atoms with E-state index >= 15 is 0 Å². The molecule has 0 aromatic heterocycles. The molecule has 1 rings (SSSR count). The smallest absolute Gasteiger partial charge is 0.548 e. The largest absolute Gasteiger partial charge is 1.00 e. The van der Waals surface area contributed by atoms with Gasteiger partial charge in [0.2, 0.25) is 0 Å². The Bertz CT molecular complexity index is 474. The number of halogens is 2. The van der Waals surface area contributed by atoms with Gasteiger partial charge in [-0.3, -0.25) is 4.79 Å². The number of benzene rings is 1. The Kier molecular flexibility index (Phi) is 8.38. The van der Waals surface area contributed by atoms with E-state index in [0.29, 0.717) is 0 Å². The molecule has 0 fully saturated rings. The zero-order chi connectivity index (χ0) is 13.7. The molecule has 1 aromatic rings. The molecule has 19 heavy (non-hydrogen) atoms. The number of aliphatic carboxylic acids is 1. The average Bonchev–Trinajstić information content (AvgIpc) is 2.28. The van der Waals surface area contributed by atoms with Gasteiger partial charge in [-0.05, 0) is 18.6 Å². The van der Waals surface area contributed by atoms with Gasteiger partial charge in [0.05, 0.1) is 27.6 Å². The van der Waals surface area contributed by atoms with E-state index in [0.717, 1.165) is 0 Å². The van der Waals surface area contributed by atoms with Crippen LogP contribution in [0.2, 0.25) is 10.0 Å². The minimum absolute atomic E-state index is 0. The monoisotopic (exact) mass is 309 g/mol. The molecule has 0 bridgehead atoms. The third-order valence-corrected chi connectivity index (χ3v) is 2.81. The molecular weight excluding hydrogens is 300 g/mol. The fraction of sp³-hybridized carbons (Fsp3) is 0.167. The van der Waals surface area contributed by atoms with Crippen LogP contribution in [0.1, 0.15) is 16.8 Å². The molecule has 1 amide bonds. The van der Waals surface area contributed by atoms with Gasteiger partial charge in [0, 0.05) is 0 Å². The first kappa shape index (κ1) is 18.5. The Labute approximate surface area is 143 Å². The third kappa shape index (κ3) is 5.16. The van der Waals surface area contributed by atoms with Crippen LogP contribution < -0.4 is 40.0 Å². The molecule has 1 unspecified atom stereocenters. The molecule has 0 heterocycles. The summed E-state index contributed by atoms with van der Waals surface area (Å²) in [5.41, 5.74) is 0.0381. The first-order valence-electron chi connectivity index (χ1n) is 5.04. The quantitative estimate of drug-likeness (QED) is 0.527. The molecule has 7 heteroatoms. The van der Waals surface area contributed by atoms with Crippen LogP contribution >= 0.6 is 23.2 Å². The Morgan fingerprint density at radius 3 is 2.32 bits per heavy atom. The summed E-state index contributed by atoms with van der Waals surface area (Å²) in [6.45, 7) is 3.40. The topological polar surface area (TPSA) is 69.2 Å². The third-order valence-electron chi connectivity index (χ3n) is 2.18. The van der Waals surface area contributed by atoms with Crippen LogP contribution in [0.15, 0.2) is 30.9 Å². The Hall–Kier alpha value is -0.520. The molecule has 0 saturated carbocycles. The van der Waals surface area contributed by atoms with Crippen molar-refractivity contribution in [3.05, 3.63) is 46.5 Å². The predicted molar refractivity (Wildman–Crippen MR) is 67.5 cm³/mol. The maximum absolute atomic E-state index is 11.9. The molecule has 0 aliphatic heterocycles. The van der Waals surface area contributed by atoms with Crippen molar-refractivity contribution < 1.29 is 44.3 Å². The number of nitrogens with one attached hydrogen (secondary N) is 1. The zero-order valence-corrected chi connectivity index (χ0v) is 13.8. The summed E-state index contributed by atoms with van der Waals surface area (Å²) in [7, 11) is 0. The standard InChI is InChI=1S/C12H11Cl2NO3.Na/c1-2-4-9(12(17)18)15-11(16)10-7(13)5-3-6-8(10)14;/h2-3,5-6,9H,1,4H2,(H,15,16)(H,17,18);/q;+1/p-1. The van der Waals surface area contributed by atoms with Crippen molar-refractivity contribution in [2.24, 2.45) is 0 Å². The van der Waals surface area contributed by atoms with E-state index in [4.69, 9.17) is 23.2 Å². The summed E-state index contributed by atoms with van der Waals surface area (Å²) >= 11 is 11.7. The van der Waals surface area contributed by atoms with E-state index in [1.54, 1.807) is 6.07 Å². The normalized spacial score (nSPS) is 11.1. The Morgan fingerprint density at radius 1 is 1.37 bits per heavy atom. The van der Waals surface area contributed by atoms with E-state index in [1.807, 2.05) is 0 Å². The van der Waals surface area contributed by atoms with Crippen LogP contribution in [0.4, 0.5) is 0 Å². The van der Waals surface area contributed by atoms with Gasteiger partial charge in [0.1, 0.15) is 0 Å². The van der Waals surface area contributed by atoms with Crippen molar-refractivity contribution in [2.75, 3.05) is 0 Å². The molecule has 0 aliphatic rings. The number of amides is 1. The van der Waals surface area contributed by atoms with Crippen molar-refractivity contribution in [1.29, 1.82) is 0 Å². The number of rotatable bonds is 5. The first-order valence-corrected chi connectivity index (χ1v) is 5.79. The van der Waals surface area contributed by atoms with Crippen LogP contribution in [0.5, 0.6) is 0 Å². The molecule has 4 nitrogen and oxygen atoms in total. The molecule has 0 radical (unpaired) electrons. The molecule has 1 aromatic carbocycles. The van der Waals surface area contributed by atoms with Gasteiger partial charge in [-0.15, -0.1) is 6.58 Å². The van der Waals surface area contributed by atoms with Crippen LogP contribution in [-0.4, -0.2) is 17.9 Å². The van der Waals surface area contributed by atoms with Gasteiger partial charge in [-0.1, -0.05) is 35.3 Å². The van der Waals surface area contributed by atoms with Crippen LogP contribution in [0.25, 0.3) is 0 Å². The minimum atomic E-state index is -1.40. The summed E-state index contributed by atoms with van der Waals surface area (Å²) in [4.78, 5) is 22.7. The summed E-state index contributed by atoms with van der Waals surface area (Å²) < 4.78 is 0. The van der Waals surface area contributed by atoms with E-state index < -0.39 is 17.9 Å². The van der Waals surface area contributed by atoms with Gasteiger partial charge in [0.25, 0.3) is 5.91 Å². The number of carboxylic acids is 1. The molecule has 1 atom stereocenters. The summed E-state index contributed by atoms with van der Waals surface area (Å²) in [5.74, 6) is -2.06. The predicted octanol–water partition coefficient (Wildman–Crippen LogP) is -1.58.